The molecule has 11 heavy (non-hydrogen) atoms. The summed E-state index contributed by atoms with van der Waals surface area (Å²) in [7, 11) is 1.00. The zero-order valence-electron chi connectivity index (χ0n) is 7.13. The average Bonchev–Trinajstić information content (AvgIpc) is 2.02. The summed E-state index contributed by atoms with van der Waals surface area (Å²) in [4.78, 5) is 0. The monoisotopic (exact) mass is 154 g/mol. The van der Waals surface area contributed by atoms with E-state index in [2.05, 4.69) is 0 Å². The first kappa shape index (κ1) is 9.98. The van der Waals surface area contributed by atoms with E-state index in [9.17, 15) is 0 Å². The number of phenols is 1. The van der Waals surface area contributed by atoms with Crippen LogP contribution in [0.3, 0.4) is 0 Å². The van der Waals surface area contributed by atoms with Gasteiger partial charge in [0, 0.05) is 7.11 Å². The number of aromatic hydroxyl groups is 1. The van der Waals surface area contributed by atoms with E-state index >= 15 is 0 Å². The molecule has 0 saturated heterocycles. The second-order valence-corrected chi connectivity index (χ2v) is 2.29. The Balaban J connectivity index is 0.000000461. The van der Waals surface area contributed by atoms with Crippen LogP contribution in [0.25, 0.3) is 0 Å². The van der Waals surface area contributed by atoms with Gasteiger partial charge in [-0.2, -0.15) is 0 Å². The van der Waals surface area contributed by atoms with E-state index in [4.69, 9.17) is 10.2 Å². The molecule has 2 heteroatoms. The molecule has 0 aliphatic carbocycles. The van der Waals surface area contributed by atoms with Crippen molar-refractivity contribution in [2.75, 3.05) is 7.11 Å². The molecule has 0 spiro atoms. The zero-order valence-corrected chi connectivity index (χ0v) is 7.13. The lowest BCUT2D eigenvalue weighted by Crippen LogP contribution is -1.75. The Morgan fingerprint density at radius 3 is 2.00 bits per heavy atom. The maximum atomic E-state index is 9.04. The summed E-state index contributed by atoms with van der Waals surface area (Å²) in [6, 6.07) is 5.56. The summed E-state index contributed by atoms with van der Waals surface area (Å²) in [6.45, 7) is 3.90. The molecule has 0 fully saturated rings. The number of rotatable bonds is 0. The van der Waals surface area contributed by atoms with Crippen molar-refractivity contribution in [3.8, 4) is 5.75 Å². The van der Waals surface area contributed by atoms with E-state index in [1.54, 1.807) is 6.07 Å². The van der Waals surface area contributed by atoms with E-state index in [-0.39, 0.29) is 0 Å². The van der Waals surface area contributed by atoms with Crippen LogP contribution in [0, 0.1) is 13.8 Å². The summed E-state index contributed by atoms with van der Waals surface area (Å²) < 4.78 is 0. The van der Waals surface area contributed by atoms with Crippen LogP contribution in [-0.4, -0.2) is 17.3 Å². The molecule has 1 aromatic carbocycles. The third-order valence-corrected chi connectivity index (χ3v) is 1.35. The van der Waals surface area contributed by atoms with Gasteiger partial charge in [0.2, 0.25) is 0 Å². The maximum Gasteiger partial charge on any atom is 0.118 e. The van der Waals surface area contributed by atoms with Gasteiger partial charge in [-0.15, -0.1) is 0 Å². The molecular weight excluding hydrogens is 140 g/mol. The second-order valence-electron chi connectivity index (χ2n) is 2.29. The van der Waals surface area contributed by atoms with Gasteiger partial charge in [-0.1, -0.05) is 17.7 Å². The number of aliphatic hydroxyl groups is 1. The molecule has 0 saturated carbocycles. The molecule has 2 nitrogen and oxygen atoms in total. The molecule has 0 aliphatic rings. The smallest absolute Gasteiger partial charge is 0.118 e. The normalized spacial score (nSPS) is 8.36. The summed E-state index contributed by atoms with van der Waals surface area (Å²) >= 11 is 0. The first-order valence-corrected chi connectivity index (χ1v) is 3.41. The van der Waals surface area contributed by atoms with Crippen LogP contribution in [0.1, 0.15) is 11.1 Å². The largest absolute Gasteiger partial charge is 0.508 e. The van der Waals surface area contributed by atoms with Gasteiger partial charge in [0.05, 0.1) is 0 Å². The van der Waals surface area contributed by atoms with Gasteiger partial charge >= 0.3 is 0 Å². The van der Waals surface area contributed by atoms with Crippen molar-refractivity contribution >= 4 is 0 Å². The predicted octanol–water partition coefficient (Wildman–Crippen LogP) is 1.62. The van der Waals surface area contributed by atoms with Crippen LogP contribution in [0.15, 0.2) is 18.2 Å². The van der Waals surface area contributed by atoms with Crippen LogP contribution < -0.4 is 0 Å². The Hall–Kier alpha value is -1.02. The Bertz CT molecular complexity index is 219. The number of aliphatic hydroxyl groups excluding tert-OH is 1. The third kappa shape index (κ3) is 3.05. The Labute approximate surface area is 67.1 Å². The van der Waals surface area contributed by atoms with E-state index in [0.717, 1.165) is 12.7 Å². The van der Waals surface area contributed by atoms with E-state index in [1.807, 2.05) is 26.0 Å². The van der Waals surface area contributed by atoms with E-state index in [0.29, 0.717) is 5.75 Å². The Morgan fingerprint density at radius 1 is 1.09 bits per heavy atom. The minimum absolute atomic E-state index is 0.376. The van der Waals surface area contributed by atoms with Crippen molar-refractivity contribution in [1.82, 2.24) is 0 Å². The van der Waals surface area contributed by atoms with Gasteiger partial charge in [0.15, 0.2) is 0 Å². The van der Waals surface area contributed by atoms with Crippen LogP contribution >= 0.6 is 0 Å². The van der Waals surface area contributed by atoms with Crippen LogP contribution in [0.2, 0.25) is 0 Å². The molecular formula is C9H14O2. The maximum absolute atomic E-state index is 9.04. The first-order chi connectivity index (χ1) is 5.20. The molecule has 62 valence electrons. The van der Waals surface area contributed by atoms with E-state index in [1.165, 1.54) is 5.56 Å². The fourth-order valence-electron chi connectivity index (χ4n) is 0.805. The lowest BCUT2D eigenvalue weighted by Gasteiger charge is -1.97. The topological polar surface area (TPSA) is 40.5 Å². The summed E-state index contributed by atoms with van der Waals surface area (Å²) in [5.41, 5.74) is 2.13. The lowest BCUT2D eigenvalue weighted by molar-refractivity contribution is 0.399. The Morgan fingerprint density at radius 2 is 1.64 bits per heavy atom. The second kappa shape index (κ2) is 4.74. The predicted molar refractivity (Wildman–Crippen MR) is 45.7 cm³/mol. The fourth-order valence-corrected chi connectivity index (χ4v) is 0.805. The molecule has 0 amide bonds. The van der Waals surface area contributed by atoms with Gasteiger partial charge < -0.3 is 10.2 Å². The zero-order chi connectivity index (χ0) is 8.85. The van der Waals surface area contributed by atoms with Crippen molar-refractivity contribution in [2.24, 2.45) is 0 Å². The van der Waals surface area contributed by atoms with Gasteiger partial charge in [0.25, 0.3) is 0 Å². The highest BCUT2D eigenvalue weighted by Gasteiger charge is 1.91. The van der Waals surface area contributed by atoms with Gasteiger partial charge in [0.1, 0.15) is 5.75 Å². The number of hydrogen-bond donors (Lipinski definition) is 2. The highest BCUT2D eigenvalue weighted by Crippen LogP contribution is 2.15. The van der Waals surface area contributed by atoms with Crippen LogP contribution in [0.5, 0.6) is 5.75 Å². The Kier molecular flexibility index (Phi) is 4.30. The number of hydrogen-bond acceptors (Lipinski definition) is 2. The summed E-state index contributed by atoms with van der Waals surface area (Å²) in [6.07, 6.45) is 0. The quantitative estimate of drug-likeness (QED) is 0.596. The fraction of sp³-hybridized carbons (Fsp3) is 0.333. The summed E-state index contributed by atoms with van der Waals surface area (Å²) in [5, 5.41) is 16.0. The SMILES string of the molecule is CO.Cc1ccc(O)c(C)c1. The van der Waals surface area contributed by atoms with Crippen molar-refractivity contribution in [3.63, 3.8) is 0 Å². The van der Waals surface area contributed by atoms with Gasteiger partial charge in [-0.25, -0.2) is 0 Å². The average molecular weight is 154 g/mol. The molecule has 2 N–H and O–H groups in total. The molecule has 0 unspecified atom stereocenters. The van der Waals surface area contributed by atoms with Crippen LogP contribution in [-0.2, 0) is 0 Å². The van der Waals surface area contributed by atoms with Crippen LogP contribution in [0.4, 0.5) is 0 Å². The van der Waals surface area contributed by atoms with Crippen molar-refractivity contribution in [2.45, 2.75) is 13.8 Å². The van der Waals surface area contributed by atoms with Gasteiger partial charge in [-0.05, 0) is 25.5 Å². The van der Waals surface area contributed by atoms with Gasteiger partial charge in [-0.3, -0.25) is 0 Å². The minimum atomic E-state index is 0.376. The highest BCUT2D eigenvalue weighted by atomic mass is 16.3. The number of benzene rings is 1. The third-order valence-electron chi connectivity index (χ3n) is 1.35. The summed E-state index contributed by atoms with van der Waals surface area (Å²) in [5.74, 6) is 0.376. The first-order valence-electron chi connectivity index (χ1n) is 3.41. The molecule has 0 radical (unpaired) electrons. The van der Waals surface area contributed by atoms with Crippen molar-refractivity contribution < 1.29 is 10.2 Å². The number of aryl methyl sites for hydroxylation is 2. The molecule has 0 heterocycles. The molecule has 0 atom stereocenters. The number of phenolic OH excluding ortho intramolecular Hbond substituents is 1. The molecule has 1 aromatic rings. The van der Waals surface area contributed by atoms with E-state index < -0.39 is 0 Å². The lowest BCUT2D eigenvalue weighted by atomic mass is 10.1. The van der Waals surface area contributed by atoms with Crippen molar-refractivity contribution in [1.29, 1.82) is 0 Å². The standard InChI is InChI=1S/C8H10O.CH4O/c1-6-3-4-8(9)7(2)5-6;1-2/h3-5,9H,1-2H3;2H,1H3. The van der Waals surface area contributed by atoms with Crippen molar-refractivity contribution in [3.05, 3.63) is 29.3 Å². The molecule has 0 bridgehead atoms. The molecule has 1 rings (SSSR count). The highest BCUT2D eigenvalue weighted by molar-refractivity contribution is 5.34. The molecule has 0 aromatic heterocycles. The molecule has 0 aliphatic heterocycles. The minimum Gasteiger partial charge on any atom is -0.508 e.